The lowest BCUT2D eigenvalue weighted by Gasteiger charge is -2.02. The first-order valence-electron chi connectivity index (χ1n) is 4.79. The Bertz CT molecular complexity index is 553. The topological polar surface area (TPSA) is 38.7 Å². The molecule has 82 valence electrons. The van der Waals surface area contributed by atoms with Crippen molar-refractivity contribution in [2.45, 2.75) is 18.4 Å². The van der Waals surface area contributed by atoms with Crippen molar-refractivity contribution in [1.29, 1.82) is 0 Å². The summed E-state index contributed by atoms with van der Waals surface area (Å²) in [5, 5.41) is 3.57. The van der Waals surface area contributed by atoms with Crippen LogP contribution >= 0.6 is 34.7 Å². The maximum absolute atomic E-state index is 6.14. The number of fused-ring (bicyclic) bond motifs is 1. The molecular formula is C10H8ClN3S2. The first-order valence-corrected chi connectivity index (χ1v) is 7.21. The molecule has 3 rings (SSSR count). The van der Waals surface area contributed by atoms with E-state index in [0.717, 1.165) is 33.5 Å². The first-order chi connectivity index (χ1) is 7.74. The maximum atomic E-state index is 6.14. The minimum atomic E-state index is 0.579. The van der Waals surface area contributed by atoms with Gasteiger partial charge in [0, 0.05) is 22.4 Å². The molecule has 1 aliphatic heterocycles. The second-order valence-electron chi connectivity index (χ2n) is 3.51. The molecule has 0 aliphatic carbocycles. The summed E-state index contributed by atoms with van der Waals surface area (Å²) >= 11 is 9.56. The average molecular weight is 270 g/mol. The van der Waals surface area contributed by atoms with Gasteiger partial charge in [-0.3, -0.25) is 0 Å². The minimum absolute atomic E-state index is 0.579. The summed E-state index contributed by atoms with van der Waals surface area (Å²) in [5.74, 6) is 2.49. The molecule has 0 atom stereocenters. The van der Waals surface area contributed by atoms with Gasteiger partial charge in [-0.2, -0.15) is 11.8 Å². The van der Waals surface area contributed by atoms with E-state index in [0.29, 0.717) is 11.0 Å². The standard InChI is InChI=1S/C10H8ClN3S2/c1-5-12-8(4-16-5)10-13-7-3-15-2-6(7)9(11)14-10/h4H,2-3H2,1H3. The molecule has 0 amide bonds. The number of thiazole rings is 1. The Hall–Kier alpha value is -0.650. The van der Waals surface area contributed by atoms with Gasteiger partial charge >= 0.3 is 0 Å². The summed E-state index contributed by atoms with van der Waals surface area (Å²) in [6.45, 7) is 1.97. The normalized spacial score (nSPS) is 14.1. The number of halogens is 1. The third kappa shape index (κ3) is 1.73. The van der Waals surface area contributed by atoms with Gasteiger partial charge in [-0.25, -0.2) is 15.0 Å². The van der Waals surface area contributed by atoms with Gasteiger partial charge in [0.1, 0.15) is 10.8 Å². The lowest BCUT2D eigenvalue weighted by atomic mass is 10.2. The van der Waals surface area contributed by atoms with E-state index >= 15 is 0 Å². The van der Waals surface area contributed by atoms with E-state index in [1.165, 1.54) is 0 Å². The summed E-state index contributed by atoms with van der Waals surface area (Å²) in [4.78, 5) is 13.2. The molecule has 0 radical (unpaired) electrons. The lowest BCUT2D eigenvalue weighted by molar-refractivity contribution is 1.06. The van der Waals surface area contributed by atoms with E-state index in [4.69, 9.17) is 11.6 Å². The van der Waals surface area contributed by atoms with E-state index in [2.05, 4.69) is 15.0 Å². The van der Waals surface area contributed by atoms with Gasteiger partial charge in [0.15, 0.2) is 5.82 Å². The fourth-order valence-corrected chi connectivity index (χ4v) is 3.56. The number of hydrogen-bond donors (Lipinski definition) is 0. The molecule has 0 saturated carbocycles. The molecule has 3 nitrogen and oxygen atoms in total. The van der Waals surface area contributed by atoms with Crippen LogP contribution in [0.2, 0.25) is 5.15 Å². The van der Waals surface area contributed by atoms with Crippen LogP contribution in [0.15, 0.2) is 5.38 Å². The monoisotopic (exact) mass is 269 g/mol. The zero-order valence-corrected chi connectivity index (χ0v) is 10.9. The Morgan fingerprint density at radius 1 is 1.25 bits per heavy atom. The van der Waals surface area contributed by atoms with E-state index in [-0.39, 0.29) is 0 Å². The molecule has 16 heavy (non-hydrogen) atoms. The van der Waals surface area contributed by atoms with Gasteiger partial charge in [-0.1, -0.05) is 11.6 Å². The molecular weight excluding hydrogens is 262 g/mol. The van der Waals surface area contributed by atoms with Gasteiger partial charge in [0.25, 0.3) is 0 Å². The highest BCUT2D eigenvalue weighted by atomic mass is 35.5. The van der Waals surface area contributed by atoms with Crippen LogP contribution in [-0.2, 0) is 11.5 Å². The summed E-state index contributed by atoms with van der Waals surface area (Å²) in [5.41, 5.74) is 2.97. The quantitative estimate of drug-likeness (QED) is 0.745. The summed E-state index contributed by atoms with van der Waals surface area (Å²) in [6.07, 6.45) is 0. The van der Waals surface area contributed by atoms with Crippen LogP contribution in [0.4, 0.5) is 0 Å². The number of rotatable bonds is 1. The van der Waals surface area contributed by atoms with Gasteiger partial charge in [-0.15, -0.1) is 11.3 Å². The fraction of sp³-hybridized carbons (Fsp3) is 0.300. The van der Waals surface area contributed by atoms with Crippen LogP contribution in [-0.4, -0.2) is 15.0 Å². The second-order valence-corrected chi connectivity index (χ2v) is 5.91. The molecule has 0 saturated heterocycles. The average Bonchev–Trinajstić information content (AvgIpc) is 2.85. The van der Waals surface area contributed by atoms with E-state index < -0.39 is 0 Å². The van der Waals surface area contributed by atoms with Gasteiger partial charge in [-0.05, 0) is 6.92 Å². The predicted molar refractivity (Wildman–Crippen MR) is 67.9 cm³/mol. The molecule has 0 unspecified atom stereocenters. The highest BCUT2D eigenvalue weighted by Gasteiger charge is 2.19. The molecule has 0 spiro atoms. The molecule has 6 heteroatoms. The number of aryl methyl sites for hydroxylation is 1. The highest BCUT2D eigenvalue weighted by Crippen LogP contribution is 2.34. The zero-order chi connectivity index (χ0) is 11.1. The van der Waals surface area contributed by atoms with Crippen LogP contribution < -0.4 is 0 Å². The van der Waals surface area contributed by atoms with Gasteiger partial charge in [0.2, 0.25) is 0 Å². The second kappa shape index (κ2) is 3.98. The predicted octanol–water partition coefficient (Wildman–Crippen LogP) is 3.31. The van der Waals surface area contributed by atoms with Gasteiger partial charge in [0.05, 0.1) is 10.7 Å². The van der Waals surface area contributed by atoms with E-state index in [1.54, 1.807) is 11.3 Å². The van der Waals surface area contributed by atoms with Crippen LogP contribution in [0, 0.1) is 6.92 Å². The number of hydrogen-bond acceptors (Lipinski definition) is 5. The SMILES string of the molecule is Cc1nc(-c2nc(Cl)c3c(n2)CSC3)cs1. The molecule has 3 heterocycles. The van der Waals surface area contributed by atoms with Crippen molar-refractivity contribution in [3.8, 4) is 11.5 Å². The van der Waals surface area contributed by atoms with Crippen molar-refractivity contribution in [1.82, 2.24) is 15.0 Å². The molecule has 0 bridgehead atoms. The molecule has 2 aromatic heterocycles. The van der Waals surface area contributed by atoms with Crippen molar-refractivity contribution in [2.24, 2.45) is 0 Å². The molecule has 2 aromatic rings. The van der Waals surface area contributed by atoms with Crippen molar-refractivity contribution in [3.05, 3.63) is 26.8 Å². The third-order valence-electron chi connectivity index (χ3n) is 2.38. The number of nitrogens with zero attached hydrogens (tertiary/aromatic N) is 3. The summed E-state index contributed by atoms with van der Waals surface area (Å²) in [6, 6.07) is 0. The van der Waals surface area contributed by atoms with E-state index in [9.17, 15) is 0 Å². The Kier molecular flexibility index (Phi) is 2.61. The minimum Gasteiger partial charge on any atom is -0.238 e. The summed E-state index contributed by atoms with van der Waals surface area (Å²) in [7, 11) is 0. The molecule has 1 aliphatic rings. The Labute approximate surface area is 106 Å². The van der Waals surface area contributed by atoms with E-state index in [1.807, 2.05) is 24.1 Å². The van der Waals surface area contributed by atoms with Crippen molar-refractivity contribution < 1.29 is 0 Å². The Morgan fingerprint density at radius 2 is 2.12 bits per heavy atom. The van der Waals surface area contributed by atoms with Gasteiger partial charge < -0.3 is 0 Å². The third-order valence-corrected chi connectivity index (χ3v) is 4.43. The van der Waals surface area contributed by atoms with Crippen molar-refractivity contribution in [2.75, 3.05) is 0 Å². The molecule has 0 fully saturated rings. The fourth-order valence-electron chi connectivity index (χ4n) is 1.59. The van der Waals surface area contributed by atoms with Crippen molar-refractivity contribution in [3.63, 3.8) is 0 Å². The Balaban J connectivity index is 2.12. The lowest BCUT2D eigenvalue weighted by Crippen LogP contribution is -1.97. The number of thioether (sulfide) groups is 1. The van der Waals surface area contributed by atoms with Crippen LogP contribution in [0.1, 0.15) is 16.3 Å². The first kappa shape index (κ1) is 10.5. The number of aromatic nitrogens is 3. The molecule has 0 N–H and O–H groups in total. The van der Waals surface area contributed by atoms with Crippen molar-refractivity contribution >= 4 is 34.7 Å². The van der Waals surface area contributed by atoms with Crippen LogP contribution in [0.3, 0.4) is 0 Å². The smallest absolute Gasteiger partial charge is 0.180 e. The van der Waals surface area contributed by atoms with Crippen LogP contribution in [0.25, 0.3) is 11.5 Å². The maximum Gasteiger partial charge on any atom is 0.180 e. The largest absolute Gasteiger partial charge is 0.238 e. The Morgan fingerprint density at radius 3 is 2.88 bits per heavy atom. The zero-order valence-electron chi connectivity index (χ0n) is 8.53. The van der Waals surface area contributed by atoms with Crippen LogP contribution in [0.5, 0.6) is 0 Å². The highest BCUT2D eigenvalue weighted by molar-refractivity contribution is 7.98. The summed E-state index contributed by atoms with van der Waals surface area (Å²) < 4.78 is 0. The molecule has 0 aromatic carbocycles.